The first-order valence-electron chi connectivity index (χ1n) is 21.1. The van der Waals surface area contributed by atoms with E-state index in [-0.39, 0.29) is 0 Å². The fraction of sp³-hybridized carbons (Fsp3) is 0.107. The van der Waals surface area contributed by atoms with E-state index in [9.17, 15) is 0 Å². The molecular weight excluding hydrogens is 733 g/mol. The van der Waals surface area contributed by atoms with Crippen LogP contribution in [-0.2, 0) is 0 Å². The number of nitrogens with zero attached hydrogens (tertiary/aromatic N) is 1. The van der Waals surface area contributed by atoms with Crippen molar-refractivity contribution in [2.24, 2.45) is 0 Å². The molecule has 2 heterocycles. The zero-order valence-corrected chi connectivity index (χ0v) is 35.0. The summed E-state index contributed by atoms with van der Waals surface area (Å²) in [6.07, 6.45) is 6.78. The van der Waals surface area contributed by atoms with Crippen molar-refractivity contribution in [3.63, 3.8) is 0 Å². The van der Waals surface area contributed by atoms with E-state index in [1.54, 1.807) is 0 Å². The molecule has 1 aromatic heterocycles. The average molecular weight is 781 g/mol. The maximum Gasteiger partial charge on any atom is 0.0468 e. The molecule has 2 aliphatic rings. The lowest BCUT2D eigenvalue weighted by molar-refractivity contribution is 0.971. The van der Waals surface area contributed by atoms with E-state index in [0.717, 1.165) is 29.9 Å². The molecule has 0 bridgehead atoms. The second-order valence-electron chi connectivity index (χ2n) is 14.5. The highest BCUT2D eigenvalue weighted by Gasteiger charge is 2.23. The number of hydrogen-bond donors (Lipinski definition) is 1. The van der Waals surface area contributed by atoms with Gasteiger partial charge in [-0.3, -0.25) is 0 Å². The molecule has 0 saturated carbocycles. The molecule has 0 unspecified atom stereocenters. The minimum Gasteiger partial charge on any atom is -0.358 e. The first kappa shape index (κ1) is 37.9. The molecule has 2 nitrogen and oxygen atoms in total. The van der Waals surface area contributed by atoms with Crippen molar-refractivity contribution in [2.75, 3.05) is 10.2 Å². The molecule has 0 radical (unpaired) electrons. The van der Waals surface area contributed by atoms with Crippen LogP contribution in [0.5, 0.6) is 0 Å². The number of rotatable bonds is 6. The normalized spacial score (nSPS) is 12.6. The molecule has 0 fully saturated rings. The third-order valence-corrected chi connectivity index (χ3v) is 12.5. The van der Waals surface area contributed by atoms with Gasteiger partial charge in [-0.05, 0) is 106 Å². The standard InChI is InChI=1S/C52H36N2S.2C2H6/c1-3-10-34(11-4-1)36-18-25-40(26-19-36)54(41-27-20-37(21-28-41)35-12-5-2-6-13-35)42-29-22-38(23-30-42)39-24-31-44-47-33-46-43-14-7-8-16-48(43)53-49-17-9-15-45(51(46)49)52(47)55-50(44)32-39;2*1-2/h1-7,9-15,17-33,53H,8,16H2;2*1-2H3. The van der Waals surface area contributed by atoms with Crippen LogP contribution < -0.4 is 10.2 Å². The Morgan fingerprint density at radius 2 is 1.00 bits per heavy atom. The summed E-state index contributed by atoms with van der Waals surface area (Å²) in [6, 6.07) is 64.2. The summed E-state index contributed by atoms with van der Waals surface area (Å²) in [5.41, 5.74) is 15.9. The molecule has 0 amide bonds. The lowest BCUT2D eigenvalue weighted by Crippen LogP contribution is -2.10. The number of anilines is 4. The van der Waals surface area contributed by atoms with E-state index < -0.39 is 0 Å². The van der Waals surface area contributed by atoms with Gasteiger partial charge in [-0.25, -0.2) is 0 Å². The fourth-order valence-electron chi connectivity index (χ4n) is 8.53. The first-order chi connectivity index (χ1) is 29.2. The maximum atomic E-state index is 3.77. The predicted octanol–water partition coefficient (Wildman–Crippen LogP) is 17.2. The van der Waals surface area contributed by atoms with Crippen LogP contribution in [0.4, 0.5) is 22.7 Å². The molecule has 1 aliphatic carbocycles. The number of allylic oxidation sites excluding steroid dienone is 4. The third-order valence-electron chi connectivity index (χ3n) is 11.3. The van der Waals surface area contributed by atoms with Gasteiger partial charge in [0.1, 0.15) is 0 Å². The monoisotopic (exact) mass is 780 g/mol. The number of hydrogen-bond acceptors (Lipinski definition) is 3. The van der Waals surface area contributed by atoms with Gasteiger partial charge >= 0.3 is 0 Å². The van der Waals surface area contributed by atoms with E-state index in [0.29, 0.717) is 0 Å². The van der Waals surface area contributed by atoms with Crippen molar-refractivity contribution >= 4 is 70.6 Å². The van der Waals surface area contributed by atoms with Crippen LogP contribution in [-0.4, -0.2) is 0 Å². The molecule has 3 heteroatoms. The highest BCUT2D eigenvalue weighted by Crippen LogP contribution is 2.48. The van der Waals surface area contributed by atoms with E-state index >= 15 is 0 Å². The Kier molecular flexibility index (Phi) is 10.7. The molecule has 59 heavy (non-hydrogen) atoms. The Hall–Kier alpha value is -6.68. The number of thiophene rings is 1. The van der Waals surface area contributed by atoms with E-state index in [4.69, 9.17) is 0 Å². The quantitative estimate of drug-likeness (QED) is 0.181. The lowest BCUT2D eigenvalue weighted by atomic mass is 9.87. The number of benzene rings is 8. The Balaban J connectivity index is 0.00000109. The van der Waals surface area contributed by atoms with E-state index in [1.165, 1.54) is 86.8 Å². The van der Waals surface area contributed by atoms with Crippen LogP contribution in [0, 0.1) is 0 Å². The van der Waals surface area contributed by atoms with Gasteiger partial charge in [0.25, 0.3) is 0 Å². The van der Waals surface area contributed by atoms with Crippen molar-refractivity contribution in [1.82, 2.24) is 0 Å². The topological polar surface area (TPSA) is 15.3 Å². The fourth-order valence-corrected chi connectivity index (χ4v) is 9.78. The Morgan fingerprint density at radius 1 is 0.475 bits per heavy atom. The maximum absolute atomic E-state index is 3.77. The van der Waals surface area contributed by atoms with Gasteiger partial charge in [-0.2, -0.15) is 0 Å². The molecule has 1 N–H and O–H groups in total. The van der Waals surface area contributed by atoms with Crippen LogP contribution in [0.15, 0.2) is 194 Å². The summed E-state index contributed by atoms with van der Waals surface area (Å²) < 4.78 is 2.68. The Morgan fingerprint density at radius 3 is 1.58 bits per heavy atom. The highest BCUT2D eigenvalue weighted by atomic mass is 32.1. The second-order valence-corrected chi connectivity index (χ2v) is 15.6. The minimum atomic E-state index is 1.06. The number of nitrogens with one attached hydrogen (secondary N) is 1. The molecule has 0 saturated heterocycles. The summed E-state index contributed by atoms with van der Waals surface area (Å²) in [5.74, 6) is 0. The molecule has 11 rings (SSSR count). The molecule has 1 aliphatic heterocycles. The van der Waals surface area contributed by atoms with Crippen molar-refractivity contribution in [3.05, 3.63) is 199 Å². The highest BCUT2D eigenvalue weighted by molar-refractivity contribution is 7.26. The van der Waals surface area contributed by atoms with Crippen molar-refractivity contribution < 1.29 is 0 Å². The molecule has 0 spiro atoms. The van der Waals surface area contributed by atoms with Gasteiger partial charge in [-0.1, -0.05) is 161 Å². The Labute approximate surface area is 352 Å². The van der Waals surface area contributed by atoms with Gasteiger partial charge in [0.15, 0.2) is 0 Å². The van der Waals surface area contributed by atoms with Crippen LogP contribution >= 0.6 is 11.3 Å². The SMILES string of the molecule is C1=CC2=C(CC1)Nc1cccc3c1c2cc1c2ccc(-c4ccc(N(c5ccc(-c6ccccc6)cc5)c5ccc(-c6ccccc6)cc5)cc4)cc2sc31.CC.CC. The largest absolute Gasteiger partial charge is 0.358 e. The molecule has 8 aromatic carbocycles. The van der Waals surface area contributed by atoms with Crippen molar-refractivity contribution in [2.45, 2.75) is 40.5 Å². The van der Waals surface area contributed by atoms with Gasteiger partial charge in [0.05, 0.1) is 0 Å². The molecular formula is C56H48N2S. The van der Waals surface area contributed by atoms with Crippen molar-refractivity contribution in [1.29, 1.82) is 0 Å². The van der Waals surface area contributed by atoms with Gasteiger partial charge in [0, 0.05) is 65.0 Å². The lowest BCUT2D eigenvalue weighted by Gasteiger charge is -2.26. The number of fused-ring (bicyclic) bond motifs is 5. The summed E-state index contributed by atoms with van der Waals surface area (Å²) in [6.45, 7) is 8.00. The zero-order valence-electron chi connectivity index (χ0n) is 34.2. The molecule has 288 valence electrons. The van der Waals surface area contributed by atoms with Gasteiger partial charge in [-0.15, -0.1) is 11.3 Å². The average Bonchev–Trinajstić information content (AvgIpc) is 3.70. The van der Waals surface area contributed by atoms with E-state index in [1.807, 2.05) is 39.0 Å². The zero-order chi connectivity index (χ0) is 40.3. The van der Waals surface area contributed by atoms with Crippen LogP contribution in [0.1, 0.15) is 46.1 Å². The minimum absolute atomic E-state index is 1.06. The van der Waals surface area contributed by atoms with Crippen LogP contribution in [0.25, 0.3) is 69.9 Å². The summed E-state index contributed by atoms with van der Waals surface area (Å²) in [5, 5.41) is 9.13. The van der Waals surface area contributed by atoms with Gasteiger partial charge < -0.3 is 10.2 Å². The molecule has 9 aromatic rings. The Bertz CT molecular complexity index is 2870. The second kappa shape index (κ2) is 16.7. The first-order valence-corrected chi connectivity index (χ1v) is 21.9. The van der Waals surface area contributed by atoms with E-state index in [2.05, 4.69) is 198 Å². The summed E-state index contributed by atoms with van der Waals surface area (Å²) in [4.78, 5) is 2.35. The third kappa shape index (κ3) is 7.02. The predicted molar refractivity (Wildman–Crippen MR) is 259 cm³/mol. The van der Waals surface area contributed by atoms with Crippen LogP contribution in [0.2, 0.25) is 0 Å². The summed E-state index contributed by atoms with van der Waals surface area (Å²) >= 11 is 1.91. The molecule has 0 atom stereocenters. The smallest absolute Gasteiger partial charge is 0.0468 e. The van der Waals surface area contributed by atoms with Crippen LogP contribution in [0.3, 0.4) is 0 Å². The summed E-state index contributed by atoms with van der Waals surface area (Å²) in [7, 11) is 0. The van der Waals surface area contributed by atoms with Crippen molar-refractivity contribution in [3.8, 4) is 33.4 Å². The van der Waals surface area contributed by atoms with Gasteiger partial charge in [0.2, 0.25) is 0 Å².